The summed E-state index contributed by atoms with van der Waals surface area (Å²) in [6, 6.07) is 8.21. The number of hydrogen-bond donors (Lipinski definition) is 2. The molecular weight excluding hydrogens is 350 g/mol. The highest BCUT2D eigenvalue weighted by molar-refractivity contribution is 7.89. The van der Waals surface area contributed by atoms with Gasteiger partial charge in [-0.15, -0.1) is 0 Å². The summed E-state index contributed by atoms with van der Waals surface area (Å²) in [7, 11) is -3.12. The number of hydrogen-bond acceptors (Lipinski definition) is 6. The zero-order chi connectivity index (χ0) is 18.6. The Morgan fingerprint density at radius 2 is 1.92 bits per heavy atom. The van der Waals surface area contributed by atoms with Crippen LogP contribution in [0.15, 0.2) is 45.9 Å². The first-order chi connectivity index (χ1) is 11.7. The topological polar surface area (TPSA) is 123 Å². The zero-order valence-corrected chi connectivity index (χ0v) is 14.4. The van der Waals surface area contributed by atoms with Crippen molar-refractivity contribution >= 4 is 22.0 Å². The van der Waals surface area contributed by atoms with Gasteiger partial charge in [-0.1, -0.05) is 30.3 Å². The molecule has 9 heteroatoms. The van der Waals surface area contributed by atoms with Gasteiger partial charge in [0.2, 0.25) is 5.09 Å². The fourth-order valence-corrected chi connectivity index (χ4v) is 3.36. The largest absolute Gasteiger partial charge is 0.480 e. The maximum absolute atomic E-state index is 12.4. The molecule has 0 unspecified atom stereocenters. The molecule has 0 spiro atoms. The summed E-state index contributed by atoms with van der Waals surface area (Å²) in [6.07, 6.45) is -0.0427. The molecule has 134 valence electrons. The van der Waals surface area contributed by atoms with Crippen molar-refractivity contribution in [3.8, 4) is 0 Å². The molecule has 0 bridgehead atoms. The lowest BCUT2D eigenvalue weighted by Gasteiger charge is -2.13. The third-order valence-electron chi connectivity index (χ3n) is 3.44. The van der Waals surface area contributed by atoms with Crippen molar-refractivity contribution < 1.29 is 32.3 Å². The molecule has 0 saturated carbocycles. The molecule has 0 aliphatic carbocycles. The molecule has 0 radical (unpaired) electrons. The van der Waals surface area contributed by atoms with Gasteiger partial charge in [-0.3, -0.25) is 4.79 Å². The Morgan fingerprint density at radius 1 is 1.28 bits per heavy atom. The Hall–Kier alpha value is -2.65. The molecule has 0 amide bonds. The van der Waals surface area contributed by atoms with Gasteiger partial charge in [0.25, 0.3) is 10.0 Å². The molecule has 8 nitrogen and oxygen atoms in total. The van der Waals surface area contributed by atoms with Gasteiger partial charge in [-0.2, -0.15) is 4.72 Å². The summed E-state index contributed by atoms with van der Waals surface area (Å²) < 4.78 is 36.5. The average Bonchev–Trinajstić information content (AvgIpc) is 2.97. The number of carboxylic acids is 1. The minimum atomic E-state index is -4.27. The predicted octanol–water partition coefficient (Wildman–Crippen LogP) is 1.35. The number of carbonyl (C=O) groups excluding carboxylic acids is 1. The van der Waals surface area contributed by atoms with Gasteiger partial charge in [0, 0.05) is 6.07 Å². The van der Waals surface area contributed by atoms with Crippen LogP contribution in [0.25, 0.3) is 0 Å². The van der Waals surface area contributed by atoms with Crippen molar-refractivity contribution in [2.45, 2.75) is 24.5 Å². The fraction of sp³-hybridized carbons (Fsp3) is 0.250. The smallest absolute Gasteiger partial charge is 0.341 e. The van der Waals surface area contributed by atoms with Crippen LogP contribution >= 0.6 is 0 Å². The second-order valence-electron chi connectivity index (χ2n) is 5.23. The lowest BCUT2D eigenvalue weighted by atomic mass is 10.1. The van der Waals surface area contributed by atoms with Crippen LogP contribution in [0.1, 0.15) is 21.7 Å². The third kappa shape index (κ3) is 4.46. The summed E-state index contributed by atoms with van der Waals surface area (Å²) in [5.41, 5.74) is 0.612. The van der Waals surface area contributed by atoms with E-state index >= 15 is 0 Å². The standard InChI is InChI=1S/C16H17NO7S/c1-10-12(16(20)23-2)9-14(24-10)25(21,22)17-13(15(18)19)8-11-6-4-3-5-7-11/h3-7,9,13,17H,8H2,1-2H3,(H,18,19)/t13-/m1/s1. The van der Waals surface area contributed by atoms with Crippen LogP contribution in [0.4, 0.5) is 0 Å². The van der Waals surface area contributed by atoms with Crippen LogP contribution < -0.4 is 4.72 Å². The van der Waals surface area contributed by atoms with E-state index in [1.165, 1.54) is 6.92 Å². The van der Waals surface area contributed by atoms with E-state index in [-0.39, 0.29) is 17.7 Å². The van der Waals surface area contributed by atoms with Crippen molar-refractivity contribution in [3.05, 3.63) is 53.3 Å². The first kappa shape index (κ1) is 18.7. The highest BCUT2D eigenvalue weighted by Gasteiger charge is 2.30. The summed E-state index contributed by atoms with van der Waals surface area (Å²) >= 11 is 0. The number of carbonyl (C=O) groups is 2. The molecule has 1 aromatic heterocycles. The van der Waals surface area contributed by atoms with Gasteiger partial charge in [-0.05, 0) is 18.9 Å². The van der Waals surface area contributed by atoms with E-state index in [4.69, 9.17) is 4.42 Å². The van der Waals surface area contributed by atoms with E-state index in [0.29, 0.717) is 5.56 Å². The number of rotatable bonds is 7. The predicted molar refractivity (Wildman–Crippen MR) is 86.7 cm³/mol. The van der Waals surface area contributed by atoms with E-state index in [1.807, 2.05) is 0 Å². The second kappa shape index (κ2) is 7.49. The van der Waals surface area contributed by atoms with E-state index in [0.717, 1.165) is 13.2 Å². The van der Waals surface area contributed by atoms with Gasteiger partial charge in [0.1, 0.15) is 17.4 Å². The van der Waals surface area contributed by atoms with E-state index < -0.39 is 33.1 Å². The molecular formula is C16H17NO7S. The first-order valence-electron chi connectivity index (χ1n) is 7.22. The lowest BCUT2D eigenvalue weighted by Crippen LogP contribution is -2.42. The number of aliphatic carboxylic acids is 1. The quantitative estimate of drug-likeness (QED) is 0.708. The summed E-state index contributed by atoms with van der Waals surface area (Å²) in [5.74, 6) is -2.02. The molecule has 1 atom stereocenters. The molecule has 0 saturated heterocycles. The number of aryl methyl sites for hydroxylation is 1. The maximum Gasteiger partial charge on any atom is 0.341 e. The number of benzene rings is 1. The number of esters is 1. The van der Waals surface area contributed by atoms with Crippen LogP contribution in [0.5, 0.6) is 0 Å². The van der Waals surface area contributed by atoms with Gasteiger partial charge in [-0.25, -0.2) is 13.2 Å². The van der Waals surface area contributed by atoms with Crippen molar-refractivity contribution in [1.82, 2.24) is 4.72 Å². The Morgan fingerprint density at radius 3 is 2.48 bits per heavy atom. The van der Waals surface area contributed by atoms with Crippen LogP contribution in [0.3, 0.4) is 0 Å². The molecule has 2 rings (SSSR count). The molecule has 1 aromatic carbocycles. The maximum atomic E-state index is 12.4. The van der Waals surface area contributed by atoms with Crippen molar-refractivity contribution in [3.63, 3.8) is 0 Å². The number of methoxy groups -OCH3 is 1. The van der Waals surface area contributed by atoms with Gasteiger partial charge in [0.15, 0.2) is 0 Å². The molecule has 2 N–H and O–H groups in total. The van der Waals surface area contributed by atoms with Crippen LogP contribution in [0.2, 0.25) is 0 Å². The molecule has 0 aliphatic rings. The minimum absolute atomic E-state index is 0.0427. The highest BCUT2D eigenvalue weighted by atomic mass is 32.2. The number of carboxylic acid groups (broad SMARTS) is 1. The van der Waals surface area contributed by atoms with E-state index in [9.17, 15) is 23.1 Å². The normalized spacial score (nSPS) is 12.6. The Bertz CT molecular complexity index is 871. The van der Waals surface area contributed by atoms with E-state index in [2.05, 4.69) is 9.46 Å². The molecule has 25 heavy (non-hydrogen) atoms. The van der Waals surface area contributed by atoms with Crippen LogP contribution in [0, 0.1) is 6.92 Å². The Labute approximate surface area is 144 Å². The average molecular weight is 367 g/mol. The van der Waals surface area contributed by atoms with Gasteiger partial charge >= 0.3 is 11.9 Å². The van der Waals surface area contributed by atoms with Crippen LogP contribution in [-0.4, -0.2) is 38.6 Å². The number of nitrogens with one attached hydrogen (secondary N) is 1. The van der Waals surface area contributed by atoms with Gasteiger partial charge in [0.05, 0.1) is 7.11 Å². The fourth-order valence-electron chi connectivity index (χ4n) is 2.17. The Balaban J connectivity index is 2.26. The zero-order valence-electron chi connectivity index (χ0n) is 13.6. The van der Waals surface area contributed by atoms with Crippen LogP contribution in [-0.2, 0) is 26.0 Å². The number of ether oxygens (including phenoxy) is 1. The summed E-state index contributed by atoms with van der Waals surface area (Å²) in [6.45, 7) is 1.41. The Kier molecular flexibility index (Phi) is 5.60. The lowest BCUT2D eigenvalue weighted by molar-refractivity contribution is -0.138. The first-order valence-corrected chi connectivity index (χ1v) is 8.70. The van der Waals surface area contributed by atoms with Crippen molar-refractivity contribution in [1.29, 1.82) is 0 Å². The second-order valence-corrected chi connectivity index (χ2v) is 6.87. The van der Waals surface area contributed by atoms with E-state index in [1.54, 1.807) is 30.3 Å². The van der Waals surface area contributed by atoms with Gasteiger partial charge < -0.3 is 14.3 Å². The minimum Gasteiger partial charge on any atom is -0.480 e. The summed E-state index contributed by atoms with van der Waals surface area (Å²) in [5, 5.41) is 8.75. The summed E-state index contributed by atoms with van der Waals surface area (Å²) in [4.78, 5) is 23.0. The molecule has 0 fully saturated rings. The van der Waals surface area contributed by atoms with Crippen molar-refractivity contribution in [2.75, 3.05) is 7.11 Å². The molecule has 0 aliphatic heterocycles. The molecule has 1 heterocycles. The monoisotopic (exact) mass is 367 g/mol. The van der Waals surface area contributed by atoms with Crippen molar-refractivity contribution in [2.24, 2.45) is 0 Å². The highest BCUT2D eigenvalue weighted by Crippen LogP contribution is 2.20. The SMILES string of the molecule is COC(=O)c1cc(S(=O)(=O)N[C@H](Cc2ccccc2)C(=O)O)oc1C. The molecule has 2 aromatic rings. The third-order valence-corrected chi connectivity index (χ3v) is 4.77. The number of furan rings is 1. The number of sulfonamides is 1.